The zero-order valence-corrected chi connectivity index (χ0v) is 11.1. The number of rotatable bonds is 4. The van der Waals surface area contributed by atoms with Gasteiger partial charge in [0.1, 0.15) is 5.01 Å². The van der Waals surface area contributed by atoms with Gasteiger partial charge < -0.3 is 5.32 Å². The smallest absolute Gasteiger partial charge is 0.152 e. The van der Waals surface area contributed by atoms with E-state index in [1.54, 1.807) is 12.1 Å². The normalized spacial score (nSPS) is 15.0. The molecule has 2 aromatic rings. The summed E-state index contributed by atoms with van der Waals surface area (Å²) in [4.78, 5) is 0. The first kappa shape index (κ1) is 12.0. The van der Waals surface area contributed by atoms with Crippen LogP contribution in [0, 0.1) is 5.82 Å². The topological polar surface area (TPSA) is 37.8 Å². The molecule has 0 unspecified atom stereocenters. The molecule has 1 aliphatic rings. The molecule has 1 heterocycles. The predicted molar refractivity (Wildman–Crippen MR) is 70.2 cm³/mol. The molecule has 0 aliphatic heterocycles. The number of hydrogen-bond donors (Lipinski definition) is 1. The molecular weight excluding hydrogens is 273 g/mol. The average Bonchev–Trinajstić information content (AvgIpc) is 3.08. The highest BCUT2D eigenvalue weighted by molar-refractivity contribution is 7.14. The van der Waals surface area contributed by atoms with E-state index in [0.717, 1.165) is 5.01 Å². The van der Waals surface area contributed by atoms with Crippen molar-refractivity contribution >= 4 is 22.9 Å². The van der Waals surface area contributed by atoms with E-state index in [-0.39, 0.29) is 5.02 Å². The van der Waals surface area contributed by atoms with Gasteiger partial charge in [0.15, 0.2) is 10.8 Å². The molecule has 6 heteroatoms. The quantitative estimate of drug-likeness (QED) is 0.936. The Labute approximate surface area is 113 Å². The molecule has 1 N–H and O–H groups in total. The highest BCUT2D eigenvalue weighted by atomic mass is 35.5. The molecule has 3 rings (SSSR count). The lowest BCUT2D eigenvalue weighted by Crippen LogP contribution is -2.14. The molecule has 18 heavy (non-hydrogen) atoms. The van der Waals surface area contributed by atoms with Crippen LogP contribution in [0.1, 0.15) is 17.8 Å². The van der Waals surface area contributed by atoms with Gasteiger partial charge in [-0.1, -0.05) is 29.0 Å². The molecule has 3 nitrogen and oxygen atoms in total. The van der Waals surface area contributed by atoms with E-state index in [1.165, 1.54) is 30.2 Å². The van der Waals surface area contributed by atoms with Crippen molar-refractivity contribution in [1.82, 2.24) is 15.5 Å². The third-order valence-corrected chi connectivity index (χ3v) is 4.02. The number of halogens is 2. The van der Waals surface area contributed by atoms with Crippen molar-refractivity contribution in [3.63, 3.8) is 0 Å². The minimum absolute atomic E-state index is 0.111. The van der Waals surface area contributed by atoms with Crippen molar-refractivity contribution in [1.29, 1.82) is 0 Å². The minimum Gasteiger partial charge on any atom is -0.308 e. The lowest BCUT2D eigenvalue weighted by atomic mass is 10.2. The van der Waals surface area contributed by atoms with Crippen LogP contribution < -0.4 is 5.32 Å². The van der Waals surface area contributed by atoms with Gasteiger partial charge in [0.25, 0.3) is 0 Å². The number of nitrogens with one attached hydrogen (secondary N) is 1. The van der Waals surface area contributed by atoms with E-state index in [0.29, 0.717) is 23.2 Å². The van der Waals surface area contributed by atoms with Gasteiger partial charge >= 0.3 is 0 Å². The minimum atomic E-state index is -0.433. The fraction of sp³-hybridized carbons (Fsp3) is 0.333. The van der Waals surface area contributed by atoms with Gasteiger partial charge in [-0.2, -0.15) is 0 Å². The number of aromatic nitrogens is 2. The van der Waals surface area contributed by atoms with Crippen LogP contribution in [0.3, 0.4) is 0 Å². The first-order valence-electron chi connectivity index (χ1n) is 5.74. The third kappa shape index (κ3) is 2.53. The Bertz CT molecular complexity index is 568. The second kappa shape index (κ2) is 4.91. The van der Waals surface area contributed by atoms with Gasteiger partial charge in [0.2, 0.25) is 0 Å². The van der Waals surface area contributed by atoms with Crippen molar-refractivity contribution in [3.8, 4) is 10.6 Å². The zero-order chi connectivity index (χ0) is 12.5. The maximum absolute atomic E-state index is 13.8. The molecule has 0 radical (unpaired) electrons. The summed E-state index contributed by atoms with van der Waals surface area (Å²) in [5.74, 6) is -0.433. The van der Waals surface area contributed by atoms with Crippen LogP contribution >= 0.6 is 22.9 Å². The van der Waals surface area contributed by atoms with E-state index in [2.05, 4.69) is 15.5 Å². The molecular formula is C12H11ClFN3S. The second-order valence-corrected chi connectivity index (χ2v) is 5.73. The molecule has 0 spiro atoms. The van der Waals surface area contributed by atoms with Crippen molar-refractivity contribution in [2.75, 3.05) is 0 Å². The van der Waals surface area contributed by atoms with Crippen LogP contribution in [0.25, 0.3) is 10.6 Å². The van der Waals surface area contributed by atoms with Crippen molar-refractivity contribution in [2.24, 2.45) is 0 Å². The summed E-state index contributed by atoms with van der Waals surface area (Å²) in [6.45, 7) is 0.699. The van der Waals surface area contributed by atoms with E-state index in [9.17, 15) is 4.39 Å². The molecule has 0 bridgehead atoms. The monoisotopic (exact) mass is 283 g/mol. The molecule has 1 fully saturated rings. The summed E-state index contributed by atoms with van der Waals surface area (Å²) in [5.41, 5.74) is 0.415. The molecule has 1 aromatic carbocycles. The summed E-state index contributed by atoms with van der Waals surface area (Å²) in [5, 5.41) is 13.0. The van der Waals surface area contributed by atoms with Gasteiger partial charge in [-0.05, 0) is 25.0 Å². The third-order valence-electron chi connectivity index (χ3n) is 2.77. The fourth-order valence-electron chi connectivity index (χ4n) is 1.62. The Hall–Kier alpha value is -1.04. The van der Waals surface area contributed by atoms with Crippen LogP contribution in [-0.4, -0.2) is 16.2 Å². The van der Waals surface area contributed by atoms with Gasteiger partial charge in [-0.15, -0.1) is 10.2 Å². The first-order chi connectivity index (χ1) is 8.74. The van der Waals surface area contributed by atoms with Crippen molar-refractivity contribution in [3.05, 3.63) is 34.0 Å². The van der Waals surface area contributed by atoms with E-state index in [1.807, 2.05) is 0 Å². The number of hydrogen-bond acceptors (Lipinski definition) is 4. The van der Waals surface area contributed by atoms with Crippen molar-refractivity contribution < 1.29 is 4.39 Å². The van der Waals surface area contributed by atoms with E-state index in [4.69, 9.17) is 11.6 Å². The van der Waals surface area contributed by atoms with Crippen LogP contribution in [0.4, 0.5) is 4.39 Å². The van der Waals surface area contributed by atoms with Crippen molar-refractivity contribution in [2.45, 2.75) is 25.4 Å². The van der Waals surface area contributed by atoms with Crippen LogP contribution in [-0.2, 0) is 6.54 Å². The standard InChI is InChI=1S/C12H11ClFN3S/c13-9-3-1-2-8(11(9)14)12-17-16-10(18-12)6-15-7-4-5-7/h1-3,7,15H,4-6H2. The molecule has 1 aliphatic carbocycles. The highest BCUT2D eigenvalue weighted by Crippen LogP contribution is 2.30. The Morgan fingerprint density at radius 1 is 1.39 bits per heavy atom. The first-order valence-corrected chi connectivity index (χ1v) is 6.93. The van der Waals surface area contributed by atoms with E-state index < -0.39 is 5.82 Å². The fourth-order valence-corrected chi connectivity index (χ4v) is 2.61. The zero-order valence-electron chi connectivity index (χ0n) is 9.49. The molecule has 94 valence electrons. The average molecular weight is 284 g/mol. The maximum atomic E-state index is 13.8. The second-order valence-electron chi connectivity index (χ2n) is 4.26. The van der Waals surface area contributed by atoms with Crippen LogP contribution in [0.5, 0.6) is 0 Å². The number of benzene rings is 1. The number of nitrogens with zero attached hydrogens (tertiary/aromatic N) is 2. The Morgan fingerprint density at radius 2 is 2.22 bits per heavy atom. The molecule has 0 atom stereocenters. The lowest BCUT2D eigenvalue weighted by molar-refractivity contribution is 0.631. The van der Waals surface area contributed by atoms with Gasteiger partial charge in [0.05, 0.1) is 5.02 Å². The van der Waals surface area contributed by atoms with E-state index >= 15 is 0 Å². The Morgan fingerprint density at radius 3 is 3.00 bits per heavy atom. The highest BCUT2D eigenvalue weighted by Gasteiger charge is 2.21. The van der Waals surface area contributed by atoms with Gasteiger partial charge in [-0.25, -0.2) is 4.39 Å². The lowest BCUT2D eigenvalue weighted by Gasteiger charge is -1.99. The summed E-state index contributed by atoms with van der Waals surface area (Å²) in [6, 6.07) is 5.53. The summed E-state index contributed by atoms with van der Waals surface area (Å²) in [6.07, 6.45) is 2.46. The molecule has 1 saturated carbocycles. The van der Waals surface area contributed by atoms with Gasteiger partial charge in [0, 0.05) is 18.2 Å². The Kier molecular flexibility index (Phi) is 3.28. The summed E-state index contributed by atoms with van der Waals surface area (Å²) in [7, 11) is 0. The molecule has 1 aromatic heterocycles. The molecule has 0 saturated heterocycles. The summed E-state index contributed by atoms with van der Waals surface area (Å²) < 4.78 is 13.8. The van der Waals surface area contributed by atoms with Crippen LogP contribution in [0.15, 0.2) is 18.2 Å². The molecule has 0 amide bonds. The maximum Gasteiger partial charge on any atom is 0.152 e. The van der Waals surface area contributed by atoms with Gasteiger partial charge in [-0.3, -0.25) is 0 Å². The van der Waals surface area contributed by atoms with Crippen LogP contribution in [0.2, 0.25) is 5.02 Å². The summed E-state index contributed by atoms with van der Waals surface area (Å²) >= 11 is 7.15. The predicted octanol–water partition coefficient (Wildman–Crippen LogP) is 3.25. The SMILES string of the molecule is Fc1c(Cl)cccc1-c1nnc(CNC2CC2)s1. The Balaban J connectivity index is 1.80. The largest absolute Gasteiger partial charge is 0.308 e.